The van der Waals surface area contributed by atoms with Gasteiger partial charge in [0, 0.05) is 17.3 Å². The van der Waals surface area contributed by atoms with Crippen molar-refractivity contribution in [2.45, 2.75) is 6.92 Å². The molecule has 2 aromatic rings. The number of methoxy groups -OCH3 is 2. The molecule has 0 spiro atoms. The van der Waals surface area contributed by atoms with E-state index in [-0.39, 0.29) is 11.3 Å². The van der Waals surface area contributed by atoms with Crippen molar-refractivity contribution < 1.29 is 28.6 Å². The first-order valence-electron chi connectivity index (χ1n) is 7.74. The Morgan fingerprint density at radius 1 is 0.923 bits per heavy atom. The van der Waals surface area contributed by atoms with Gasteiger partial charge in [0.25, 0.3) is 5.91 Å². The number of benzene rings is 2. The average molecular weight is 357 g/mol. The molecule has 0 bridgehead atoms. The summed E-state index contributed by atoms with van der Waals surface area (Å²) in [6.45, 7) is 0.943. The molecule has 0 atom stereocenters. The minimum absolute atomic E-state index is 0.161. The zero-order valence-electron chi connectivity index (χ0n) is 14.7. The Labute approximate surface area is 150 Å². The Bertz CT molecular complexity index is 831. The second-order valence-corrected chi connectivity index (χ2v) is 5.33. The van der Waals surface area contributed by atoms with E-state index in [2.05, 4.69) is 5.32 Å². The van der Waals surface area contributed by atoms with Gasteiger partial charge in [-0.05, 0) is 31.2 Å². The second-order valence-electron chi connectivity index (χ2n) is 5.33. The fraction of sp³-hybridized carbons (Fsp3) is 0.211. The molecular formula is C19H19NO6. The number of anilines is 1. The standard InChI is InChI=1S/C19H19NO6/c1-12(21)13-5-4-6-14(9-13)19(23)26-11-18(22)20-15-7-8-16(24-2)17(10-15)25-3/h4-10H,11H2,1-3H3,(H,20,22). The molecule has 0 aliphatic rings. The lowest BCUT2D eigenvalue weighted by Gasteiger charge is -2.11. The number of hydrogen-bond donors (Lipinski definition) is 1. The molecule has 0 saturated heterocycles. The van der Waals surface area contributed by atoms with Crippen LogP contribution < -0.4 is 14.8 Å². The van der Waals surface area contributed by atoms with Crippen molar-refractivity contribution in [3.8, 4) is 11.5 Å². The minimum Gasteiger partial charge on any atom is -0.493 e. The van der Waals surface area contributed by atoms with Gasteiger partial charge in [0.15, 0.2) is 23.9 Å². The fourth-order valence-corrected chi connectivity index (χ4v) is 2.19. The molecule has 0 saturated carbocycles. The second kappa shape index (κ2) is 8.66. The van der Waals surface area contributed by atoms with Crippen LogP contribution in [0.3, 0.4) is 0 Å². The molecule has 2 rings (SSSR count). The minimum atomic E-state index is -0.685. The smallest absolute Gasteiger partial charge is 0.338 e. The highest BCUT2D eigenvalue weighted by Gasteiger charge is 2.13. The van der Waals surface area contributed by atoms with Crippen LogP contribution in [0, 0.1) is 0 Å². The Morgan fingerprint density at radius 3 is 2.27 bits per heavy atom. The summed E-state index contributed by atoms with van der Waals surface area (Å²) in [6.07, 6.45) is 0. The highest BCUT2D eigenvalue weighted by Crippen LogP contribution is 2.29. The fourth-order valence-electron chi connectivity index (χ4n) is 2.19. The van der Waals surface area contributed by atoms with Crippen molar-refractivity contribution in [1.29, 1.82) is 0 Å². The first-order chi connectivity index (χ1) is 12.4. The molecule has 0 aromatic heterocycles. The summed E-state index contributed by atoms with van der Waals surface area (Å²) in [7, 11) is 3.00. The summed E-state index contributed by atoms with van der Waals surface area (Å²) < 4.78 is 15.3. The highest BCUT2D eigenvalue weighted by atomic mass is 16.5. The first kappa shape index (κ1) is 19.0. The SMILES string of the molecule is COc1ccc(NC(=O)COC(=O)c2cccc(C(C)=O)c2)cc1OC. The number of rotatable bonds is 7. The van der Waals surface area contributed by atoms with E-state index in [0.717, 1.165) is 0 Å². The van der Waals surface area contributed by atoms with Crippen LogP contribution >= 0.6 is 0 Å². The molecular weight excluding hydrogens is 338 g/mol. The number of esters is 1. The first-order valence-corrected chi connectivity index (χ1v) is 7.74. The van der Waals surface area contributed by atoms with Crippen LogP contribution in [0.2, 0.25) is 0 Å². The Kier molecular flexibility index (Phi) is 6.32. The van der Waals surface area contributed by atoms with Crippen LogP contribution in [-0.2, 0) is 9.53 Å². The highest BCUT2D eigenvalue weighted by molar-refractivity contribution is 5.99. The van der Waals surface area contributed by atoms with E-state index in [1.807, 2.05) is 0 Å². The van der Waals surface area contributed by atoms with E-state index >= 15 is 0 Å². The monoisotopic (exact) mass is 357 g/mol. The molecule has 7 heteroatoms. The van der Waals surface area contributed by atoms with Gasteiger partial charge in [-0.15, -0.1) is 0 Å². The van der Waals surface area contributed by atoms with Gasteiger partial charge in [-0.25, -0.2) is 4.79 Å². The number of ketones is 1. The van der Waals surface area contributed by atoms with Gasteiger partial charge in [0.1, 0.15) is 0 Å². The van der Waals surface area contributed by atoms with Crippen molar-refractivity contribution in [2.75, 3.05) is 26.1 Å². The number of amides is 1. The Hall–Kier alpha value is -3.35. The van der Waals surface area contributed by atoms with Gasteiger partial charge in [-0.3, -0.25) is 9.59 Å². The Morgan fingerprint density at radius 2 is 1.62 bits per heavy atom. The van der Waals surface area contributed by atoms with Gasteiger partial charge >= 0.3 is 5.97 Å². The van der Waals surface area contributed by atoms with E-state index in [1.165, 1.54) is 33.3 Å². The molecule has 0 heterocycles. The molecule has 0 fully saturated rings. The quantitative estimate of drug-likeness (QED) is 0.605. The summed E-state index contributed by atoms with van der Waals surface area (Å²) in [4.78, 5) is 35.3. The van der Waals surface area contributed by atoms with Crippen molar-refractivity contribution in [3.63, 3.8) is 0 Å². The molecule has 2 aromatic carbocycles. The van der Waals surface area contributed by atoms with Gasteiger partial charge in [0.05, 0.1) is 19.8 Å². The van der Waals surface area contributed by atoms with E-state index in [1.54, 1.807) is 30.3 Å². The van der Waals surface area contributed by atoms with Gasteiger partial charge in [-0.1, -0.05) is 12.1 Å². The predicted molar refractivity (Wildman–Crippen MR) is 94.9 cm³/mol. The molecule has 0 radical (unpaired) electrons. The maximum absolute atomic E-state index is 12.0. The van der Waals surface area contributed by atoms with Crippen LogP contribution in [0.4, 0.5) is 5.69 Å². The van der Waals surface area contributed by atoms with E-state index < -0.39 is 18.5 Å². The number of hydrogen-bond acceptors (Lipinski definition) is 6. The number of ether oxygens (including phenoxy) is 3. The lowest BCUT2D eigenvalue weighted by atomic mass is 10.1. The molecule has 7 nitrogen and oxygen atoms in total. The maximum Gasteiger partial charge on any atom is 0.338 e. The lowest BCUT2D eigenvalue weighted by Crippen LogP contribution is -2.21. The topological polar surface area (TPSA) is 90.9 Å². The van der Waals surface area contributed by atoms with E-state index in [4.69, 9.17) is 14.2 Å². The largest absolute Gasteiger partial charge is 0.493 e. The summed E-state index contributed by atoms with van der Waals surface area (Å²) in [5.74, 6) is -0.361. The maximum atomic E-state index is 12.0. The summed E-state index contributed by atoms with van der Waals surface area (Å²) in [6, 6.07) is 11.0. The van der Waals surface area contributed by atoms with Crippen LogP contribution in [0.1, 0.15) is 27.6 Å². The van der Waals surface area contributed by atoms with Crippen molar-refractivity contribution in [1.82, 2.24) is 0 Å². The van der Waals surface area contributed by atoms with Crippen molar-refractivity contribution >= 4 is 23.3 Å². The van der Waals surface area contributed by atoms with E-state index in [0.29, 0.717) is 22.7 Å². The van der Waals surface area contributed by atoms with Crippen LogP contribution in [0.25, 0.3) is 0 Å². The molecule has 0 aliphatic heterocycles. The third-order valence-corrected chi connectivity index (χ3v) is 3.51. The van der Waals surface area contributed by atoms with E-state index in [9.17, 15) is 14.4 Å². The van der Waals surface area contributed by atoms with Gasteiger partial charge in [-0.2, -0.15) is 0 Å². The predicted octanol–water partition coefficient (Wildman–Crippen LogP) is 2.70. The molecule has 0 unspecified atom stereocenters. The van der Waals surface area contributed by atoms with Crippen molar-refractivity contribution in [3.05, 3.63) is 53.6 Å². The molecule has 0 aliphatic carbocycles. The Balaban J connectivity index is 1.95. The average Bonchev–Trinajstić information content (AvgIpc) is 2.66. The number of Topliss-reactive ketones (excluding diaryl/α,β-unsaturated/α-hetero) is 1. The third-order valence-electron chi connectivity index (χ3n) is 3.51. The van der Waals surface area contributed by atoms with Crippen LogP contribution in [-0.4, -0.2) is 38.5 Å². The summed E-state index contributed by atoms with van der Waals surface area (Å²) >= 11 is 0. The van der Waals surface area contributed by atoms with Gasteiger partial charge in [0.2, 0.25) is 0 Å². The molecule has 136 valence electrons. The lowest BCUT2D eigenvalue weighted by molar-refractivity contribution is -0.119. The summed E-state index contributed by atoms with van der Waals surface area (Å²) in [5.41, 5.74) is 1.08. The molecule has 1 amide bonds. The molecule has 1 N–H and O–H groups in total. The third kappa shape index (κ3) is 4.83. The van der Waals surface area contributed by atoms with Crippen molar-refractivity contribution in [2.24, 2.45) is 0 Å². The van der Waals surface area contributed by atoms with Crippen LogP contribution in [0.15, 0.2) is 42.5 Å². The number of nitrogens with one attached hydrogen (secondary N) is 1. The summed E-state index contributed by atoms with van der Waals surface area (Å²) in [5, 5.41) is 2.60. The zero-order valence-corrected chi connectivity index (χ0v) is 14.7. The van der Waals surface area contributed by atoms with Gasteiger partial charge < -0.3 is 19.5 Å². The number of carbonyl (C=O) groups is 3. The van der Waals surface area contributed by atoms with Crippen LogP contribution in [0.5, 0.6) is 11.5 Å². The zero-order chi connectivity index (χ0) is 19.1. The molecule has 26 heavy (non-hydrogen) atoms. The normalized spacial score (nSPS) is 9.96. The number of carbonyl (C=O) groups excluding carboxylic acids is 3.